The molecule has 0 aromatic heterocycles. The minimum absolute atomic E-state index is 0.752. The van der Waals surface area contributed by atoms with Crippen LogP contribution in [0.3, 0.4) is 0 Å². The van der Waals surface area contributed by atoms with Crippen molar-refractivity contribution in [2.45, 2.75) is 49.1 Å². The molecule has 1 aliphatic heterocycles. The van der Waals surface area contributed by atoms with Crippen molar-refractivity contribution in [1.82, 2.24) is 10.6 Å². The van der Waals surface area contributed by atoms with Crippen molar-refractivity contribution in [1.29, 1.82) is 0 Å². The fourth-order valence-corrected chi connectivity index (χ4v) is 4.54. The Balaban J connectivity index is 1.39. The molecule has 2 nitrogen and oxygen atoms in total. The van der Waals surface area contributed by atoms with Gasteiger partial charge in [0.25, 0.3) is 0 Å². The molecule has 3 atom stereocenters. The number of hydrogen-bond acceptors (Lipinski definition) is 3. The van der Waals surface area contributed by atoms with Crippen LogP contribution < -0.4 is 10.6 Å². The lowest BCUT2D eigenvalue weighted by Crippen LogP contribution is -2.42. The summed E-state index contributed by atoms with van der Waals surface area (Å²) in [6, 6.07) is 12.3. The SMILES string of the molecule is c1ccc(SCCNC2CCCC2C2CCCN2)cc1. The summed E-state index contributed by atoms with van der Waals surface area (Å²) in [5.74, 6) is 2.05. The Morgan fingerprint density at radius 2 is 2.00 bits per heavy atom. The molecule has 3 rings (SSSR count). The fraction of sp³-hybridized carbons (Fsp3) is 0.647. The van der Waals surface area contributed by atoms with Gasteiger partial charge >= 0.3 is 0 Å². The molecule has 0 radical (unpaired) electrons. The zero-order valence-corrected chi connectivity index (χ0v) is 13.0. The summed E-state index contributed by atoms with van der Waals surface area (Å²) < 4.78 is 0. The monoisotopic (exact) mass is 290 g/mol. The van der Waals surface area contributed by atoms with Gasteiger partial charge in [0.2, 0.25) is 0 Å². The van der Waals surface area contributed by atoms with Crippen LogP contribution in [0.5, 0.6) is 0 Å². The lowest BCUT2D eigenvalue weighted by Gasteiger charge is -2.26. The Labute approximate surface area is 127 Å². The maximum atomic E-state index is 3.82. The van der Waals surface area contributed by atoms with Crippen molar-refractivity contribution < 1.29 is 0 Å². The van der Waals surface area contributed by atoms with E-state index in [1.54, 1.807) is 0 Å². The first-order valence-corrected chi connectivity index (χ1v) is 9.06. The van der Waals surface area contributed by atoms with Gasteiger partial charge in [-0.05, 0) is 50.3 Å². The van der Waals surface area contributed by atoms with Crippen molar-refractivity contribution in [2.24, 2.45) is 5.92 Å². The molecule has 3 heteroatoms. The molecule has 20 heavy (non-hydrogen) atoms. The number of benzene rings is 1. The van der Waals surface area contributed by atoms with Crippen LogP contribution in [0.4, 0.5) is 0 Å². The average Bonchev–Trinajstić information content (AvgIpc) is 3.15. The van der Waals surface area contributed by atoms with Gasteiger partial charge in [0, 0.05) is 29.3 Å². The van der Waals surface area contributed by atoms with Gasteiger partial charge in [-0.1, -0.05) is 24.6 Å². The first kappa shape index (κ1) is 14.4. The van der Waals surface area contributed by atoms with Gasteiger partial charge in [-0.25, -0.2) is 0 Å². The van der Waals surface area contributed by atoms with Crippen LogP contribution in [0.15, 0.2) is 35.2 Å². The summed E-state index contributed by atoms with van der Waals surface area (Å²) in [5.41, 5.74) is 0. The molecule has 1 saturated carbocycles. The summed E-state index contributed by atoms with van der Waals surface area (Å²) in [6.45, 7) is 2.37. The molecule has 1 heterocycles. The molecular weight excluding hydrogens is 264 g/mol. The first-order chi connectivity index (χ1) is 9.93. The van der Waals surface area contributed by atoms with Crippen LogP contribution in [0.1, 0.15) is 32.1 Å². The van der Waals surface area contributed by atoms with E-state index in [-0.39, 0.29) is 0 Å². The van der Waals surface area contributed by atoms with Gasteiger partial charge in [0.1, 0.15) is 0 Å². The second-order valence-corrected chi connectivity index (χ2v) is 7.19. The van der Waals surface area contributed by atoms with Crippen LogP contribution in [0.2, 0.25) is 0 Å². The normalized spacial score (nSPS) is 29.9. The number of thioether (sulfide) groups is 1. The highest BCUT2D eigenvalue weighted by atomic mass is 32.2. The molecular formula is C17H26N2S. The van der Waals surface area contributed by atoms with Crippen LogP contribution >= 0.6 is 11.8 Å². The van der Waals surface area contributed by atoms with E-state index in [9.17, 15) is 0 Å². The molecule has 110 valence electrons. The smallest absolute Gasteiger partial charge is 0.0111 e. The van der Waals surface area contributed by atoms with E-state index >= 15 is 0 Å². The Kier molecular flexibility index (Phi) is 5.40. The standard InChI is InChI=1S/C17H26N2S/c1-2-6-14(7-3-1)20-13-12-19-16-9-4-8-15(16)17-10-5-11-18-17/h1-3,6-7,15-19H,4-5,8-13H2. The Morgan fingerprint density at radius 3 is 2.80 bits per heavy atom. The topological polar surface area (TPSA) is 24.1 Å². The second-order valence-electron chi connectivity index (χ2n) is 6.02. The van der Waals surface area contributed by atoms with E-state index in [0.717, 1.165) is 24.5 Å². The number of rotatable bonds is 6. The molecule has 1 aliphatic carbocycles. The average molecular weight is 290 g/mol. The van der Waals surface area contributed by atoms with E-state index in [1.807, 2.05) is 11.8 Å². The molecule has 1 aromatic carbocycles. The van der Waals surface area contributed by atoms with Crippen molar-refractivity contribution in [3.8, 4) is 0 Å². The lowest BCUT2D eigenvalue weighted by molar-refractivity contribution is 0.325. The van der Waals surface area contributed by atoms with E-state index < -0.39 is 0 Å². The van der Waals surface area contributed by atoms with E-state index in [2.05, 4.69) is 41.0 Å². The minimum atomic E-state index is 0.752. The zero-order valence-electron chi connectivity index (χ0n) is 12.2. The molecule has 0 bridgehead atoms. The molecule has 2 N–H and O–H groups in total. The Hall–Kier alpha value is -0.510. The van der Waals surface area contributed by atoms with E-state index in [4.69, 9.17) is 0 Å². The van der Waals surface area contributed by atoms with Crippen molar-refractivity contribution >= 4 is 11.8 Å². The highest BCUT2D eigenvalue weighted by Crippen LogP contribution is 2.31. The highest BCUT2D eigenvalue weighted by Gasteiger charge is 2.34. The van der Waals surface area contributed by atoms with Gasteiger partial charge in [0.15, 0.2) is 0 Å². The van der Waals surface area contributed by atoms with Crippen LogP contribution in [-0.2, 0) is 0 Å². The summed E-state index contributed by atoms with van der Waals surface area (Å²) in [6.07, 6.45) is 6.96. The van der Waals surface area contributed by atoms with Gasteiger partial charge in [-0.15, -0.1) is 11.8 Å². The van der Waals surface area contributed by atoms with Crippen LogP contribution in [0, 0.1) is 5.92 Å². The first-order valence-electron chi connectivity index (χ1n) is 8.08. The Morgan fingerprint density at radius 1 is 1.10 bits per heavy atom. The summed E-state index contributed by atoms with van der Waals surface area (Å²) in [4.78, 5) is 1.38. The van der Waals surface area contributed by atoms with Gasteiger partial charge in [-0.3, -0.25) is 0 Å². The largest absolute Gasteiger partial charge is 0.314 e. The maximum Gasteiger partial charge on any atom is 0.0111 e. The Bertz CT molecular complexity index is 389. The third-order valence-electron chi connectivity index (χ3n) is 4.71. The second kappa shape index (κ2) is 7.48. The van der Waals surface area contributed by atoms with Crippen LogP contribution in [-0.4, -0.2) is 30.9 Å². The van der Waals surface area contributed by atoms with Crippen LogP contribution in [0.25, 0.3) is 0 Å². The predicted octanol–water partition coefficient (Wildman–Crippen LogP) is 3.29. The molecule has 0 spiro atoms. The fourth-order valence-electron chi connectivity index (χ4n) is 3.73. The maximum absolute atomic E-state index is 3.82. The number of nitrogens with one attached hydrogen (secondary N) is 2. The molecule has 2 fully saturated rings. The zero-order chi connectivity index (χ0) is 13.6. The summed E-state index contributed by atoms with van der Waals surface area (Å²) in [7, 11) is 0. The minimum Gasteiger partial charge on any atom is -0.314 e. The van der Waals surface area contributed by atoms with Gasteiger partial charge < -0.3 is 10.6 Å². The van der Waals surface area contributed by atoms with Crippen molar-refractivity contribution in [2.75, 3.05) is 18.8 Å². The number of hydrogen-bond donors (Lipinski definition) is 2. The summed E-state index contributed by atoms with van der Waals surface area (Å²) in [5, 5.41) is 7.52. The molecule has 0 amide bonds. The quantitative estimate of drug-likeness (QED) is 0.621. The van der Waals surface area contributed by atoms with Crippen molar-refractivity contribution in [3.63, 3.8) is 0 Å². The predicted molar refractivity (Wildman–Crippen MR) is 87.3 cm³/mol. The van der Waals surface area contributed by atoms with E-state index in [1.165, 1.54) is 49.3 Å². The third-order valence-corrected chi connectivity index (χ3v) is 5.72. The van der Waals surface area contributed by atoms with Crippen molar-refractivity contribution in [3.05, 3.63) is 30.3 Å². The van der Waals surface area contributed by atoms with Gasteiger partial charge in [-0.2, -0.15) is 0 Å². The summed E-state index contributed by atoms with van der Waals surface area (Å²) >= 11 is 1.96. The molecule has 2 aliphatic rings. The van der Waals surface area contributed by atoms with E-state index in [0.29, 0.717) is 0 Å². The third kappa shape index (κ3) is 3.78. The molecule has 3 unspecified atom stereocenters. The lowest BCUT2D eigenvalue weighted by atomic mass is 9.93. The molecule has 1 aromatic rings. The highest BCUT2D eigenvalue weighted by molar-refractivity contribution is 7.99. The van der Waals surface area contributed by atoms with Gasteiger partial charge in [0.05, 0.1) is 0 Å². The molecule has 1 saturated heterocycles.